The van der Waals surface area contributed by atoms with Gasteiger partial charge in [0.2, 0.25) is 0 Å². The molecule has 0 amide bonds. The molecule has 134 valence electrons. The lowest BCUT2D eigenvalue weighted by molar-refractivity contribution is -0.0885. The first-order valence-corrected chi connectivity index (χ1v) is 9.81. The summed E-state index contributed by atoms with van der Waals surface area (Å²) in [4.78, 5) is 0. The van der Waals surface area contributed by atoms with Crippen molar-refractivity contribution in [3.8, 4) is 17.0 Å². The Morgan fingerprint density at radius 2 is 2.00 bits per heavy atom. The van der Waals surface area contributed by atoms with Crippen molar-refractivity contribution in [2.45, 2.75) is 57.0 Å². The zero-order valence-electron chi connectivity index (χ0n) is 15.4. The zero-order chi connectivity index (χ0) is 17.7. The van der Waals surface area contributed by atoms with Gasteiger partial charge in [-0.2, -0.15) is 0 Å². The zero-order valence-corrected chi connectivity index (χ0v) is 16.2. The van der Waals surface area contributed by atoms with E-state index >= 15 is 0 Å². The van der Waals surface area contributed by atoms with E-state index in [4.69, 9.17) is 21.1 Å². The fourth-order valence-electron chi connectivity index (χ4n) is 6.35. The number of aryl methyl sites for hydroxylation is 1. The Labute approximate surface area is 156 Å². The molecule has 0 N–H and O–H groups in total. The average Bonchev–Trinajstić information content (AvgIpc) is 2.94. The number of halogens is 1. The molecular formula is C22H27ClO2. The molecular weight excluding hydrogens is 332 g/mol. The fourth-order valence-corrected chi connectivity index (χ4v) is 6.50. The van der Waals surface area contributed by atoms with E-state index in [1.54, 1.807) is 12.7 Å². The summed E-state index contributed by atoms with van der Waals surface area (Å²) in [5.74, 6) is 6.30. The van der Waals surface area contributed by atoms with E-state index in [0.29, 0.717) is 11.8 Å². The summed E-state index contributed by atoms with van der Waals surface area (Å²) < 4.78 is 11.4. The van der Waals surface area contributed by atoms with Crippen LogP contribution in [0.3, 0.4) is 0 Å². The van der Waals surface area contributed by atoms with Crippen LogP contribution in [0.25, 0.3) is 0 Å². The summed E-state index contributed by atoms with van der Waals surface area (Å²) in [6.07, 6.45) is 6.99. The summed E-state index contributed by atoms with van der Waals surface area (Å²) >= 11 is 5.82. The monoisotopic (exact) mass is 358 g/mol. The largest absolute Gasteiger partial charge is 0.497 e. The Hall–Kier alpha value is -1.17. The Kier molecular flexibility index (Phi) is 4.29. The number of rotatable bonds is 2. The number of benzene rings is 1. The summed E-state index contributed by atoms with van der Waals surface area (Å²) in [7, 11) is 3.56. The van der Waals surface area contributed by atoms with Gasteiger partial charge < -0.3 is 9.47 Å². The first kappa shape index (κ1) is 17.3. The van der Waals surface area contributed by atoms with Gasteiger partial charge in [-0.1, -0.05) is 18.9 Å². The highest BCUT2D eigenvalue weighted by atomic mass is 35.5. The smallest absolute Gasteiger partial charge is 0.135 e. The molecule has 1 aromatic carbocycles. The van der Waals surface area contributed by atoms with Crippen LogP contribution < -0.4 is 4.74 Å². The summed E-state index contributed by atoms with van der Waals surface area (Å²) in [5, 5.41) is 2.64. The molecule has 5 atom stereocenters. The average molecular weight is 359 g/mol. The third-order valence-corrected chi connectivity index (χ3v) is 7.75. The van der Waals surface area contributed by atoms with Crippen LogP contribution in [0, 0.1) is 28.6 Å². The van der Waals surface area contributed by atoms with Gasteiger partial charge in [0.25, 0.3) is 0 Å². The summed E-state index contributed by atoms with van der Waals surface area (Å²) in [6, 6.07) is 6.68. The van der Waals surface area contributed by atoms with Crippen molar-refractivity contribution >= 4 is 11.6 Å². The second kappa shape index (κ2) is 6.22. The minimum absolute atomic E-state index is 0.106. The molecule has 4 rings (SSSR count). The molecule has 0 bridgehead atoms. The Bertz CT molecular complexity index is 733. The van der Waals surface area contributed by atoms with E-state index in [-0.39, 0.29) is 11.0 Å². The van der Waals surface area contributed by atoms with Crippen molar-refractivity contribution < 1.29 is 9.47 Å². The van der Waals surface area contributed by atoms with Crippen LogP contribution in [-0.2, 0) is 11.2 Å². The maximum absolute atomic E-state index is 6.02. The number of hydrogen-bond donors (Lipinski definition) is 0. The normalized spacial score (nSPS) is 38.8. The van der Waals surface area contributed by atoms with Gasteiger partial charge in [0.15, 0.2) is 0 Å². The molecule has 0 radical (unpaired) electrons. The molecule has 0 saturated heterocycles. The molecule has 0 heterocycles. The highest BCUT2D eigenvalue weighted by molar-refractivity contribution is 6.30. The van der Waals surface area contributed by atoms with Crippen LogP contribution >= 0.6 is 11.6 Å². The third-order valence-electron chi connectivity index (χ3n) is 7.65. The molecule has 1 aromatic rings. The molecule has 3 heteroatoms. The SMILES string of the molecule is COc1ccc2c(c1)CCC1C2CCC2(C)C1CCC2(C#CCl)OC. The van der Waals surface area contributed by atoms with Crippen molar-refractivity contribution in [2.75, 3.05) is 14.2 Å². The van der Waals surface area contributed by atoms with Gasteiger partial charge in [0.1, 0.15) is 11.4 Å². The van der Waals surface area contributed by atoms with E-state index < -0.39 is 0 Å². The topological polar surface area (TPSA) is 18.5 Å². The molecule has 25 heavy (non-hydrogen) atoms. The van der Waals surface area contributed by atoms with E-state index in [9.17, 15) is 0 Å². The molecule has 3 aliphatic rings. The predicted molar refractivity (Wildman–Crippen MR) is 101 cm³/mol. The molecule has 5 unspecified atom stereocenters. The quantitative estimate of drug-likeness (QED) is 0.682. The van der Waals surface area contributed by atoms with Crippen LogP contribution in [0.15, 0.2) is 18.2 Å². The van der Waals surface area contributed by atoms with Gasteiger partial charge in [0, 0.05) is 17.9 Å². The molecule has 2 nitrogen and oxygen atoms in total. The lowest BCUT2D eigenvalue weighted by Crippen LogP contribution is -2.51. The maximum Gasteiger partial charge on any atom is 0.135 e. The van der Waals surface area contributed by atoms with E-state index in [1.165, 1.54) is 24.8 Å². The van der Waals surface area contributed by atoms with Crippen LogP contribution in [0.5, 0.6) is 5.75 Å². The highest BCUT2D eigenvalue weighted by Gasteiger charge is 2.62. The number of methoxy groups -OCH3 is 2. The van der Waals surface area contributed by atoms with E-state index in [1.807, 2.05) is 7.11 Å². The summed E-state index contributed by atoms with van der Waals surface area (Å²) in [6.45, 7) is 2.40. The fraction of sp³-hybridized carbons (Fsp3) is 0.636. The Morgan fingerprint density at radius 3 is 2.72 bits per heavy atom. The number of hydrogen-bond acceptors (Lipinski definition) is 2. The van der Waals surface area contributed by atoms with Gasteiger partial charge >= 0.3 is 0 Å². The second-order valence-electron chi connectivity index (χ2n) is 8.23. The summed E-state index contributed by atoms with van der Waals surface area (Å²) in [5.41, 5.74) is 2.78. The lowest BCUT2D eigenvalue weighted by Gasteiger charge is -2.53. The van der Waals surface area contributed by atoms with Gasteiger partial charge in [-0.3, -0.25) is 0 Å². The van der Waals surface area contributed by atoms with Crippen molar-refractivity contribution in [2.24, 2.45) is 17.3 Å². The highest BCUT2D eigenvalue weighted by Crippen LogP contribution is 2.65. The van der Waals surface area contributed by atoms with E-state index in [0.717, 1.165) is 30.9 Å². The molecule has 0 aliphatic heterocycles. The maximum atomic E-state index is 6.02. The van der Waals surface area contributed by atoms with Crippen molar-refractivity contribution in [3.05, 3.63) is 29.3 Å². The Morgan fingerprint density at radius 1 is 1.16 bits per heavy atom. The first-order chi connectivity index (χ1) is 12.1. The van der Waals surface area contributed by atoms with E-state index in [2.05, 4.69) is 36.4 Å². The van der Waals surface area contributed by atoms with Gasteiger partial charge in [-0.25, -0.2) is 0 Å². The molecule has 0 spiro atoms. The van der Waals surface area contributed by atoms with Crippen LogP contribution in [0.4, 0.5) is 0 Å². The number of ether oxygens (including phenoxy) is 2. The molecule has 2 saturated carbocycles. The first-order valence-electron chi connectivity index (χ1n) is 9.43. The molecule has 3 aliphatic carbocycles. The molecule has 0 aromatic heterocycles. The second-order valence-corrected chi connectivity index (χ2v) is 8.41. The van der Waals surface area contributed by atoms with Crippen molar-refractivity contribution in [1.29, 1.82) is 0 Å². The number of fused-ring (bicyclic) bond motifs is 5. The minimum Gasteiger partial charge on any atom is -0.497 e. The minimum atomic E-state index is -0.370. The lowest BCUT2D eigenvalue weighted by atomic mass is 9.53. The standard InChI is InChI=1S/C22H27ClO2/c1-21-10-8-18-17-7-5-16(24-2)14-15(17)4-6-19(18)20(21)9-11-22(21,25-3)12-13-23/h5,7,14,18-20H,4,6,8-11H2,1-3H3. The molecule has 2 fully saturated rings. The van der Waals surface area contributed by atoms with Crippen molar-refractivity contribution in [1.82, 2.24) is 0 Å². The van der Waals surface area contributed by atoms with Gasteiger partial charge in [-0.05, 0) is 91.1 Å². The Balaban J connectivity index is 1.69. The third kappa shape index (κ3) is 2.36. The van der Waals surface area contributed by atoms with Crippen LogP contribution in [0.2, 0.25) is 0 Å². The van der Waals surface area contributed by atoms with Crippen LogP contribution in [-0.4, -0.2) is 19.8 Å². The van der Waals surface area contributed by atoms with Gasteiger partial charge in [0.05, 0.1) is 7.11 Å². The predicted octanol–water partition coefficient (Wildman–Crippen LogP) is 5.14. The van der Waals surface area contributed by atoms with Gasteiger partial charge in [-0.15, -0.1) is 0 Å². The van der Waals surface area contributed by atoms with Crippen molar-refractivity contribution in [3.63, 3.8) is 0 Å². The van der Waals surface area contributed by atoms with Crippen LogP contribution in [0.1, 0.15) is 56.1 Å².